The summed E-state index contributed by atoms with van der Waals surface area (Å²) < 4.78 is 0. The van der Waals surface area contributed by atoms with Gasteiger partial charge in [0.05, 0.1) is 0 Å². The van der Waals surface area contributed by atoms with Crippen LogP contribution < -0.4 is 0 Å². The van der Waals surface area contributed by atoms with Gasteiger partial charge in [-0.3, -0.25) is 4.99 Å². The predicted octanol–water partition coefficient (Wildman–Crippen LogP) is 0.393. The van der Waals surface area contributed by atoms with E-state index in [1.807, 2.05) is 7.05 Å². The summed E-state index contributed by atoms with van der Waals surface area (Å²) in [7, 11) is 3.99. The fourth-order valence-electron chi connectivity index (χ4n) is 0.972. The van der Waals surface area contributed by atoms with Gasteiger partial charge in [0, 0.05) is 25.8 Å². The molecule has 0 N–H and O–H groups in total. The second-order valence-electron chi connectivity index (χ2n) is 2.28. The van der Waals surface area contributed by atoms with E-state index in [2.05, 4.69) is 16.9 Å². The van der Waals surface area contributed by atoms with Crippen molar-refractivity contribution in [3.8, 4) is 0 Å². The van der Waals surface area contributed by atoms with Crippen molar-refractivity contribution < 1.29 is 0 Å². The van der Waals surface area contributed by atoms with Gasteiger partial charge in [-0.05, 0) is 13.5 Å². The molecule has 1 aliphatic heterocycles. The number of aliphatic imine (C=N–C) groups is 1. The number of hydrogen-bond acceptors (Lipinski definition) is 2. The van der Waals surface area contributed by atoms with E-state index in [0.29, 0.717) is 0 Å². The lowest BCUT2D eigenvalue weighted by Gasteiger charge is -2.01. The Hall–Kier alpha value is -0.370. The first-order valence-electron chi connectivity index (χ1n) is 2.96. The van der Waals surface area contributed by atoms with Gasteiger partial charge in [0.1, 0.15) is 0 Å². The normalized spacial score (nSPS) is 27.5. The molecule has 0 aromatic rings. The molecule has 0 bridgehead atoms. The topological polar surface area (TPSA) is 15.6 Å². The molecule has 0 atom stereocenters. The SMILES string of the molecule is C/N=C1\CCN(C)C1. The van der Waals surface area contributed by atoms with Crippen molar-refractivity contribution >= 4 is 5.71 Å². The first-order chi connectivity index (χ1) is 3.83. The van der Waals surface area contributed by atoms with E-state index in [4.69, 9.17) is 0 Å². The number of nitrogens with zero attached hydrogens (tertiary/aromatic N) is 2. The molecule has 8 heavy (non-hydrogen) atoms. The molecule has 0 unspecified atom stereocenters. The van der Waals surface area contributed by atoms with E-state index >= 15 is 0 Å². The van der Waals surface area contributed by atoms with E-state index in [0.717, 1.165) is 6.54 Å². The molecular formula is C6H12N2. The summed E-state index contributed by atoms with van der Waals surface area (Å²) in [5, 5.41) is 0. The van der Waals surface area contributed by atoms with Crippen molar-refractivity contribution in [1.82, 2.24) is 4.90 Å². The monoisotopic (exact) mass is 112 g/mol. The van der Waals surface area contributed by atoms with E-state index in [9.17, 15) is 0 Å². The fraction of sp³-hybridized carbons (Fsp3) is 0.833. The summed E-state index contributed by atoms with van der Waals surface area (Å²) in [6.07, 6.45) is 1.17. The molecule has 0 amide bonds. The van der Waals surface area contributed by atoms with Crippen LogP contribution in [0.5, 0.6) is 0 Å². The molecule has 1 heterocycles. The predicted molar refractivity (Wildman–Crippen MR) is 35.5 cm³/mol. The zero-order chi connectivity index (χ0) is 5.98. The smallest absolute Gasteiger partial charge is 0.0360 e. The Morgan fingerprint density at radius 2 is 2.38 bits per heavy atom. The summed E-state index contributed by atoms with van der Waals surface area (Å²) in [4.78, 5) is 6.39. The highest BCUT2D eigenvalue weighted by atomic mass is 15.1. The van der Waals surface area contributed by atoms with Crippen LogP contribution in [-0.4, -0.2) is 37.8 Å². The largest absolute Gasteiger partial charge is 0.301 e. The van der Waals surface area contributed by atoms with Gasteiger partial charge >= 0.3 is 0 Å². The molecule has 2 heteroatoms. The molecule has 1 saturated heterocycles. The molecule has 0 saturated carbocycles. The quantitative estimate of drug-likeness (QED) is 0.442. The Balaban J connectivity index is 2.44. The van der Waals surface area contributed by atoms with Crippen LogP contribution in [0, 0.1) is 0 Å². The molecule has 1 fully saturated rings. The van der Waals surface area contributed by atoms with Gasteiger partial charge in [0.25, 0.3) is 0 Å². The molecular weight excluding hydrogens is 100 g/mol. The van der Waals surface area contributed by atoms with Crippen LogP contribution in [0.1, 0.15) is 6.42 Å². The minimum atomic E-state index is 1.08. The molecule has 2 nitrogen and oxygen atoms in total. The average molecular weight is 112 g/mol. The summed E-state index contributed by atoms with van der Waals surface area (Å²) in [5.74, 6) is 0. The van der Waals surface area contributed by atoms with Gasteiger partial charge in [0.2, 0.25) is 0 Å². The molecule has 46 valence electrons. The van der Waals surface area contributed by atoms with Crippen LogP contribution in [0.4, 0.5) is 0 Å². The summed E-state index contributed by atoms with van der Waals surface area (Å²) >= 11 is 0. The molecule has 1 rings (SSSR count). The minimum Gasteiger partial charge on any atom is -0.301 e. The summed E-state index contributed by atoms with van der Waals surface area (Å²) in [6, 6.07) is 0. The van der Waals surface area contributed by atoms with E-state index in [1.165, 1.54) is 18.7 Å². The van der Waals surface area contributed by atoms with Gasteiger partial charge in [0.15, 0.2) is 0 Å². The van der Waals surface area contributed by atoms with Crippen molar-refractivity contribution in [1.29, 1.82) is 0 Å². The lowest BCUT2D eigenvalue weighted by Crippen LogP contribution is -2.13. The lowest BCUT2D eigenvalue weighted by atomic mass is 10.3. The molecule has 0 aliphatic carbocycles. The van der Waals surface area contributed by atoms with Gasteiger partial charge in [-0.2, -0.15) is 0 Å². The molecule has 0 spiro atoms. The second-order valence-corrected chi connectivity index (χ2v) is 2.28. The van der Waals surface area contributed by atoms with Crippen LogP contribution in [0.3, 0.4) is 0 Å². The zero-order valence-electron chi connectivity index (χ0n) is 5.52. The van der Waals surface area contributed by atoms with Crippen LogP contribution in [0.2, 0.25) is 0 Å². The highest BCUT2D eigenvalue weighted by molar-refractivity contribution is 5.88. The minimum absolute atomic E-state index is 1.08. The lowest BCUT2D eigenvalue weighted by molar-refractivity contribution is 0.428. The van der Waals surface area contributed by atoms with Gasteiger partial charge < -0.3 is 4.90 Å². The third kappa shape index (κ3) is 1.07. The van der Waals surface area contributed by atoms with Crippen LogP contribution in [0.25, 0.3) is 0 Å². The first kappa shape index (κ1) is 5.76. The Labute approximate surface area is 50.2 Å². The first-order valence-corrected chi connectivity index (χ1v) is 2.96. The Kier molecular flexibility index (Phi) is 1.63. The van der Waals surface area contributed by atoms with Crippen molar-refractivity contribution in [2.45, 2.75) is 6.42 Å². The van der Waals surface area contributed by atoms with E-state index in [-0.39, 0.29) is 0 Å². The standard InChI is InChI=1S/C6H12N2/c1-7-6-3-4-8(2)5-6/h3-5H2,1-2H3/b7-6+. The fourth-order valence-corrected chi connectivity index (χ4v) is 0.972. The molecule has 0 radical (unpaired) electrons. The van der Waals surface area contributed by atoms with Gasteiger partial charge in [-0.25, -0.2) is 0 Å². The number of hydrogen-bond donors (Lipinski definition) is 0. The second kappa shape index (κ2) is 2.27. The maximum atomic E-state index is 4.11. The van der Waals surface area contributed by atoms with Crippen molar-refractivity contribution in [3.05, 3.63) is 0 Å². The van der Waals surface area contributed by atoms with Crippen LogP contribution in [0.15, 0.2) is 4.99 Å². The highest BCUT2D eigenvalue weighted by Crippen LogP contribution is 2.00. The highest BCUT2D eigenvalue weighted by Gasteiger charge is 2.11. The van der Waals surface area contributed by atoms with Gasteiger partial charge in [-0.15, -0.1) is 0 Å². The van der Waals surface area contributed by atoms with Gasteiger partial charge in [-0.1, -0.05) is 0 Å². The summed E-state index contributed by atoms with van der Waals surface area (Å²) in [5.41, 5.74) is 1.34. The maximum absolute atomic E-state index is 4.11. The number of rotatable bonds is 0. The molecule has 1 aliphatic rings. The molecule has 0 aromatic heterocycles. The Morgan fingerprint density at radius 1 is 1.62 bits per heavy atom. The third-order valence-corrected chi connectivity index (χ3v) is 1.55. The summed E-state index contributed by atoms with van der Waals surface area (Å²) in [6.45, 7) is 2.27. The van der Waals surface area contributed by atoms with Crippen LogP contribution >= 0.6 is 0 Å². The zero-order valence-corrected chi connectivity index (χ0v) is 5.52. The van der Waals surface area contributed by atoms with Crippen molar-refractivity contribution in [3.63, 3.8) is 0 Å². The average Bonchev–Trinajstić information content (AvgIpc) is 2.14. The molecule has 0 aromatic carbocycles. The Morgan fingerprint density at radius 3 is 2.62 bits per heavy atom. The maximum Gasteiger partial charge on any atom is 0.0360 e. The number of likely N-dealkylation sites (tertiary alicyclic amines) is 1. The van der Waals surface area contributed by atoms with Crippen molar-refractivity contribution in [2.24, 2.45) is 4.99 Å². The Bertz CT molecular complexity index is 107. The van der Waals surface area contributed by atoms with E-state index in [1.54, 1.807) is 0 Å². The third-order valence-electron chi connectivity index (χ3n) is 1.55. The van der Waals surface area contributed by atoms with E-state index < -0.39 is 0 Å². The van der Waals surface area contributed by atoms with Crippen LogP contribution in [-0.2, 0) is 0 Å². The van der Waals surface area contributed by atoms with Crippen molar-refractivity contribution in [2.75, 3.05) is 27.2 Å².